The number of carbonyl (C=O) groups excluding carboxylic acids is 1. The van der Waals surface area contributed by atoms with E-state index in [2.05, 4.69) is 77.8 Å². The number of rotatable bonds is 2. The van der Waals surface area contributed by atoms with Crippen LogP contribution >= 0.6 is 0 Å². The molecule has 193 valence electrons. The fraction of sp³-hybridized carbons (Fsp3) is 0.0588. The Morgan fingerprint density at radius 3 is 1.85 bits per heavy atom. The number of ketones is 1. The van der Waals surface area contributed by atoms with Gasteiger partial charge in [0.15, 0.2) is 5.78 Å². The first kappa shape index (κ1) is 26.3. The van der Waals surface area contributed by atoms with Gasteiger partial charge in [-0.2, -0.15) is 0 Å². The number of allylic oxidation sites excluding steroid dienone is 2. The third-order valence-electron chi connectivity index (χ3n) is 6.62. The van der Waals surface area contributed by atoms with Crippen molar-refractivity contribution in [3.05, 3.63) is 115 Å². The van der Waals surface area contributed by atoms with Crippen molar-refractivity contribution in [3.8, 4) is 11.3 Å². The van der Waals surface area contributed by atoms with E-state index in [4.69, 9.17) is 9.52 Å². The van der Waals surface area contributed by atoms with Crippen LogP contribution in [-0.4, -0.2) is 15.9 Å². The van der Waals surface area contributed by atoms with E-state index in [0.29, 0.717) is 0 Å². The molecule has 0 unspecified atom stereocenters. The van der Waals surface area contributed by atoms with Gasteiger partial charge in [-0.25, -0.2) is 0 Å². The maximum Gasteiger partial charge on any atom is 0.155 e. The Labute approximate surface area is 238 Å². The molecule has 0 aliphatic carbocycles. The number of pyridine rings is 1. The van der Waals surface area contributed by atoms with Gasteiger partial charge in [-0.3, -0.25) is 4.79 Å². The largest absolute Gasteiger partial charge is 0.512 e. The Balaban J connectivity index is 0.000000345. The molecule has 0 atom stereocenters. The molecule has 0 fully saturated rings. The number of benzene rings is 5. The molecular weight excluding hydrogens is 663 g/mol. The molecule has 0 saturated heterocycles. The first-order chi connectivity index (χ1) is 18.5. The fourth-order valence-corrected chi connectivity index (χ4v) is 5.08. The summed E-state index contributed by atoms with van der Waals surface area (Å²) >= 11 is 0. The molecule has 0 bridgehead atoms. The molecule has 7 aromatic rings. The van der Waals surface area contributed by atoms with Gasteiger partial charge in [-0.1, -0.05) is 66.0 Å². The molecule has 39 heavy (non-hydrogen) atoms. The van der Waals surface area contributed by atoms with E-state index < -0.39 is 0 Å². The molecule has 0 spiro atoms. The SMILES string of the molecule is CC(=O)/C=C(/C)O.[Ir].[c-]1cc2oc3cc4c5ccccc5c5ccccc5c4cc3c2cc1-c1ccccn1. The molecule has 5 heteroatoms. The van der Waals surface area contributed by atoms with E-state index in [-0.39, 0.29) is 31.6 Å². The van der Waals surface area contributed by atoms with Crippen LogP contribution in [0, 0.1) is 6.07 Å². The zero-order valence-corrected chi connectivity index (χ0v) is 23.8. The standard InChI is InChI=1S/C29H16NO.C5H8O2.Ir/c1-3-9-21-19(7-1)20-8-2-4-10-22(20)24-17-29-26(16-23(21)24)25-15-18(12-13-28(25)31-29)27-11-5-6-14-30-27;1-4(6)3-5(2)7;/h1-11,13-17H;3,6H,1-2H3;/q-1;;/b;4-3-;. The maximum absolute atomic E-state index is 10.0. The second-order valence-electron chi connectivity index (χ2n) is 9.32. The Kier molecular flexibility index (Phi) is 7.30. The van der Waals surface area contributed by atoms with Crippen molar-refractivity contribution in [2.45, 2.75) is 13.8 Å². The molecule has 0 amide bonds. The van der Waals surface area contributed by atoms with Gasteiger partial charge in [0.25, 0.3) is 0 Å². The van der Waals surface area contributed by atoms with Gasteiger partial charge in [-0.15, -0.1) is 23.8 Å². The molecule has 7 rings (SSSR count). The summed E-state index contributed by atoms with van der Waals surface area (Å²) in [5.74, 6) is -0.0625. The van der Waals surface area contributed by atoms with Crippen LogP contribution in [0.5, 0.6) is 0 Å². The Bertz CT molecular complexity index is 2020. The van der Waals surface area contributed by atoms with Crippen LogP contribution in [0.15, 0.2) is 113 Å². The summed E-state index contributed by atoms with van der Waals surface area (Å²) in [4.78, 5) is 14.5. The summed E-state index contributed by atoms with van der Waals surface area (Å²) in [7, 11) is 0. The fourth-order valence-electron chi connectivity index (χ4n) is 5.08. The van der Waals surface area contributed by atoms with Crippen LogP contribution in [0.3, 0.4) is 0 Å². The molecule has 5 aromatic carbocycles. The van der Waals surface area contributed by atoms with Gasteiger partial charge >= 0.3 is 0 Å². The van der Waals surface area contributed by atoms with Crippen molar-refractivity contribution >= 4 is 60.0 Å². The molecule has 4 nitrogen and oxygen atoms in total. The number of furan rings is 1. The van der Waals surface area contributed by atoms with Gasteiger partial charge in [0, 0.05) is 37.8 Å². The molecule has 0 aliphatic heterocycles. The predicted molar refractivity (Wildman–Crippen MR) is 155 cm³/mol. The topological polar surface area (TPSA) is 63.3 Å². The average molecular weight is 687 g/mol. The second-order valence-corrected chi connectivity index (χ2v) is 9.32. The molecule has 0 saturated carbocycles. The molecule has 2 aromatic heterocycles. The van der Waals surface area contributed by atoms with Gasteiger partial charge in [-0.05, 0) is 70.1 Å². The minimum Gasteiger partial charge on any atom is -0.512 e. The van der Waals surface area contributed by atoms with E-state index in [1.165, 1.54) is 52.2 Å². The molecule has 1 radical (unpaired) electrons. The van der Waals surface area contributed by atoms with Gasteiger partial charge < -0.3 is 14.5 Å². The van der Waals surface area contributed by atoms with Crippen molar-refractivity contribution in [1.29, 1.82) is 0 Å². The van der Waals surface area contributed by atoms with Crippen molar-refractivity contribution in [3.63, 3.8) is 0 Å². The first-order valence-corrected chi connectivity index (χ1v) is 12.4. The van der Waals surface area contributed by atoms with Crippen LogP contribution in [0.25, 0.3) is 65.5 Å². The Morgan fingerprint density at radius 2 is 1.31 bits per heavy atom. The summed E-state index contributed by atoms with van der Waals surface area (Å²) in [6, 6.07) is 35.1. The quantitative estimate of drug-likeness (QED) is 0.0854. The zero-order valence-electron chi connectivity index (χ0n) is 21.4. The number of aromatic nitrogens is 1. The number of fused-ring (bicyclic) bond motifs is 9. The molecule has 0 aliphatic rings. The Morgan fingerprint density at radius 1 is 0.744 bits per heavy atom. The van der Waals surface area contributed by atoms with E-state index in [9.17, 15) is 4.79 Å². The van der Waals surface area contributed by atoms with Crippen LogP contribution in [0.1, 0.15) is 13.8 Å². The first-order valence-electron chi connectivity index (χ1n) is 12.4. The Hall–Kier alpha value is -4.31. The smallest absolute Gasteiger partial charge is 0.155 e. The number of hydrogen-bond donors (Lipinski definition) is 1. The monoisotopic (exact) mass is 687 g/mol. The van der Waals surface area contributed by atoms with E-state index >= 15 is 0 Å². The molecule has 2 heterocycles. The number of nitrogens with zero attached hydrogens (tertiary/aromatic N) is 1. The third kappa shape index (κ3) is 4.95. The number of hydrogen-bond acceptors (Lipinski definition) is 4. The third-order valence-corrected chi connectivity index (χ3v) is 6.62. The zero-order chi connectivity index (χ0) is 26.2. The summed E-state index contributed by atoms with van der Waals surface area (Å²) in [6.45, 7) is 2.85. The number of aliphatic hydroxyl groups excluding tert-OH is 1. The van der Waals surface area contributed by atoms with E-state index in [0.717, 1.165) is 33.2 Å². The van der Waals surface area contributed by atoms with Crippen molar-refractivity contribution in [2.75, 3.05) is 0 Å². The molecular formula is C34H24IrNO3-. The van der Waals surface area contributed by atoms with Crippen molar-refractivity contribution < 1.29 is 34.4 Å². The normalized spacial score (nSPS) is 11.5. The van der Waals surface area contributed by atoms with Gasteiger partial charge in [0.05, 0.1) is 11.3 Å². The van der Waals surface area contributed by atoms with Gasteiger partial charge in [0.2, 0.25) is 0 Å². The molecule has 1 N–H and O–H groups in total. The summed E-state index contributed by atoms with van der Waals surface area (Å²) in [5, 5.41) is 18.1. The maximum atomic E-state index is 10.0. The number of aliphatic hydroxyl groups is 1. The van der Waals surface area contributed by atoms with Crippen LogP contribution in [0.2, 0.25) is 0 Å². The van der Waals surface area contributed by atoms with Crippen LogP contribution < -0.4 is 0 Å². The average Bonchev–Trinajstić information content (AvgIpc) is 3.29. The van der Waals surface area contributed by atoms with E-state index in [1.807, 2.05) is 30.5 Å². The van der Waals surface area contributed by atoms with Crippen molar-refractivity contribution in [1.82, 2.24) is 4.98 Å². The predicted octanol–water partition coefficient (Wildman–Crippen LogP) is 8.94. The van der Waals surface area contributed by atoms with Gasteiger partial charge in [0.1, 0.15) is 5.58 Å². The number of carbonyl (C=O) groups is 1. The minimum absolute atomic E-state index is 0. The van der Waals surface area contributed by atoms with E-state index in [1.54, 1.807) is 0 Å². The van der Waals surface area contributed by atoms with Crippen molar-refractivity contribution in [2.24, 2.45) is 0 Å². The summed E-state index contributed by atoms with van der Waals surface area (Å²) in [5.41, 5.74) is 3.63. The van der Waals surface area contributed by atoms with Crippen LogP contribution in [-0.2, 0) is 24.9 Å². The second kappa shape index (κ2) is 10.8. The van der Waals surface area contributed by atoms with Crippen LogP contribution in [0.4, 0.5) is 0 Å². The minimum atomic E-state index is -0.125. The summed E-state index contributed by atoms with van der Waals surface area (Å²) < 4.78 is 6.26. The summed E-state index contributed by atoms with van der Waals surface area (Å²) in [6.07, 6.45) is 2.98.